The Morgan fingerprint density at radius 1 is 0.951 bits per heavy atom. The maximum absolute atomic E-state index is 14.0. The highest BCUT2D eigenvalue weighted by atomic mass is 35.5. The Labute approximate surface area is 252 Å². The van der Waals surface area contributed by atoms with E-state index in [0.29, 0.717) is 10.0 Å². The molecule has 3 aromatic carbocycles. The van der Waals surface area contributed by atoms with Crippen molar-refractivity contribution in [2.24, 2.45) is 0 Å². The van der Waals surface area contributed by atoms with E-state index in [1.807, 2.05) is 13.8 Å². The molecule has 10 heteroatoms. The van der Waals surface area contributed by atoms with Crippen LogP contribution >= 0.6 is 23.2 Å². The van der Waals surface area contributed by atoms with Crippen LogP contribution in [0.4, 0.5) is 5.69 Å². The number of carbonyl (C=O) groups excluding carboxylic acids is 2. The molecule has 0 aliphatic heterocycles. The van der Waals surface area contributed by atoms with Crippen LogP contribution < -0.4 is 9.62 Å². The summed E-state index contributed by atoms with van der Waals surface area (Å²) in [5.74, 6) is -0.799. The summed E-state index contributed by atoms with van der Waals surface area (Å²) in [7, 11) is -4.16. The van der Waals surface area contributed by atoms with E-state index in [9.17, 15) is 18.0 Å². The van der Waals surface area contributed by atoms with Gasteiger partial charge in [-0.05, 0) is 81.1 Å². The van der Waals surface area contributed by atoms with E-state index >= 15 is 0 Å². The highest BCUT2D eigenvalue weighted by Gasteiger charge is 2.33. The van der Waals surface area contributed by atoms with Crippen molar-refractivity contribution in [3.63, 3.8) is 0 Å². The molecule has 4 rings (SSSR count). The maximum Gasteiger partial charge on any atom is 0.264 e. The van der Waals surface area contributed by atoms with Crippen molar-refractivity contribution in [2.75, 3.05) is 10.8 Å². The molecule has 218 valence electrons. The van der Waals surface area contributed by atoms with Crippen molar-refractivity contribution < 1.29 is 18.0 Å². The predicted octanol–water partition coefficient (Wildman–Crippen LogP) is 6.28. The molecule has 0 radical (unpaired) electrons. The summed E-state index contributed by atoms with van der Waals surface area (Å²) in [6.45, 7) is 4.92. The number of hydrogen-bond acceptors (Lipinski definition) is 4. The fraction of sp³-hybridized carbons (Fsp3) is 0.355. The minimum absolute atomic E-state index is 0.0453. The van der Waals surface area contributed by atoms with Gasteiger partial charge in [0.1, 0.15) is 12.6 Å². The number of benzene rings is 3. The highest BCUT2D eigenvalue weighted by Crippen LogP contribution is 2.29. The molecule has 0 saturated heterocycles. The van der Waals surface area contributed by atoms with Crippen molar-refractivity contribution in [3.8, 4) is 0 Å². The van der Waals surface area contributed by atoms with E-state index in [2.05, 4.69) is 5.32 Å². The average molecular weight is 617 g/mol. The normalized spacial score (nSPS) is 14.5. The fourth-order valence-corrected chi connectivity index (χ4v) is 6.57. The van der Waals surface area contributed by atoms with Crippen LogP contribution in [0.25, 0.3) is 0 Å². The first-order chi connectivity index (χ1) is 19.5. The molecule has 1 fully saturated rings. The lowest BCUT2D eigenvalue weighted by Crippen LogP contribution is -2.52. The topological polar surface area (TPSA) is 86.8 Å². The minimum atomic E-state index is -4.16. The first-order valence-electron chi connectivity index (χ1n) is 13.7. The third-order valence-corrected chi connectivity index (χ3v) is 9.91. The Kier molecular flexibility index (Phi) is 10.00. The third kappa shape index (κ3) is 7.61. The van der Waals surface area contributed by atoms with Crippen LogP contribution in [0.1, 0.15) is 49.3 Å². The number of halogens is 2. The van der Waals surface area contributed by atoms with Gasteiger partial charge in [-0.15, -0.1) is 0 Å². The summed E-state index contributed by atoms with van der Waals surface area (Å²) >= 11 is 12.5. The highest BCUT2D eigenvalue weighted by molar-refractivity contribution is 7.92. The van der Waals surface area contributed by atoms with E-state index in [1.54, 1.807) is 55.5 Å². The van der Waals surface area contributed by atoms with Gasteiger partial charge in [-0.25, -0.2) is 8.42 Å². The smallest absolute Gasteiger partial charge is 0.264 e. The summed E-state index contributed by atoms with van der Waals surface area (Å²) in [4.78, 5) is 28.8. The van der Waals surface area contributed by atoms with E-state index in [4.69, 9.17) is 23.2 Å². The maximum atomic E-state index is 14.0. The van der Waals surface area contributed by atoms with Gasteiger partial charge in [-0.1, -0.05) is 71.9 Å². The molecule has 1 aliphatic carbocycles. The lowest BCUT2D eigenvalue weighted by molar-refractivity contribution is -0.139. The zero-order valence-electron chi connectivity index (χ0n) is 23.4. The van der Waals surface area contributed by atoms with Gasteiger partial charge in [0.25, 0.3) is 10.0 Å². The monoisotopic (exact) mass is 615 g/mol. The molecular formula is C31H35Cl2N3O4S. The van der Waals surface area contributed by atoms with Gasteiger partial charge >= 0.3 is 0 Å². The molecule has 3 aromatic rings. The van der Waals surface area contributed by atoms with E-state index in [0.717, 1.165) is 46.7 Å². The number of amides is 2. The molecule has 0 aromatic heterocycles. The van der Waals surface area contributed by atoms with Crippen LogP contribution in [0, 0.1) is 13.8 Å². The zero-order chi connectivity index (χ0) is 29.7. The average Bonchev–Trinajstić information content (AvgIpc) is 3.45. The molecule has 0 unspecified atom stereocenters. The van der Waals surface area contributed by atoms with Crippen molar-refractivity contribution in [3.05, 3.63) is 93.5 Å². The van der Waals surface area contributed by atoms with E-state index < -0.39 is 28.5 Å². The number of hydrogen-bond donors (Lipinski definition) is 1. The molecule has 0 heterocycles. The first kappa shape index (κ1) is 30.9. The van der Waals surface area contributed by atoms with Gasteiger partial charge in [-0.3, -0.25) is 13.9 Å². The minimum Gasteiger partial charge on any atom is -0.352 e. The van der Waals surface area contributed by atoms with Crippen LogP contribution in [-0.4, -0.2) is 43.8 Å². The second-order valence-electron chi connectivity index (χ2n) is 10.6. The van der Waals surface area contributed by atoms with Gasteiger partial charge in [-0.2, -0.15) is 0 Å². The van der Waals surface area contributed by atoms with Crippen LogP contribution in [0.2, 0.25) is 10.0 Å². The summed E-state index contributed by atoms with van der Waals surface area (Å²) in [6.07, 6.45) is 3.91. The number of rotatable bonds is 10. The molecule has 1 N–H and O–H groups in total. The predicted molar refractivity (Wildman–Crippen MR) is 164 cm³/mol. The Morgan fingerprint density at radius 2 is 1.59 bits per heavy atom. The van der Waals surface area contributed by atoms with Crippen LogP contribution in [0.15, 0.2) is 71.6 Å². The summed E-state index contributed by atoms with van der Waals surface area (Å²) in [5.41, 5.74) is 2.69. The van der Waals surface area contributed by atoms with Crippen molar-refractivity contribution in [2.45, 2.75) is 70.0 Å². The van der Waals surface area contributed by atoms with Crippen molar-refractivity contribution in [1.82, 2.24) is 10.2 Å². The second-order valence-corrected chi connectivity index (χ2v) is 13.3. The Hall–Kier alpha value is -3.07. The molecular weight excluding hydrogens is 581 g/mol. The molecule has 2 amide bonds. The number of sulfonamides is 1. The first-order valence-corrected chi connectivity index (χ1v) is 15.8. The quantitative estimate of drug-likeness (QED) is 0.291. The number of nitrogens with zero attached hydrogens (tertiary/aromatic N) is 2. The van der Waals surface area contributed by atoms with E-state index in [-0.39, 0.29) is 29.1 Å². The Morgan fingerprint density at radius 3 is 2.20 bits per heavy atom. The van der Waals surface area contributed by atoms with Crippen molar-refractivity contribution >= 4 is 50.7 Å². The Bertz CT molecular complexity index is 1490. The summed E-state index contributed by atoms with van der Waals surface area (Å²) in [5, 5.41) is 3.99. The summed E-state index contributed by atoms with van der Waals surface area (Å²) in [6, 6.07) is 17.5. The lowest BCUT2D eigenvalue weighted by atomic mass is 10.1. The molecule has 1 saturated carbocycles. The van der Waals surface area contributed by atoms with Gasteiger partial charge in [0.05, 0.1) is 10.6 Å². The number of carbonyl (C=O) groups is 2. The van der Waals surface area contributed by atoms with Gasteiger partial charge in [0, 0.05) is 22.6 Å². The largest absolute Gasteiger partial charge is 0.352 e. The van der Waals surface area contributed by atoms with Gasteiger partial charge in [0.15, 0.2) is 0 Å². The van der Waals surface area contributed by atoms with Gasteiger partial charge < -0.3 is 10.2 Å². The molecule has 41 heavy (non-hydrogen) atoms. The summed E-state index contributed by atoms with van der Waals surface area (Å²) < 4.78 is 28.9. The molecule has 1 aliphatic rings. The third-order valence-electron chi connectivity index (χ3n) is 7.47. The second kappa shape index (κ2) is 13.3. The zero-order valence-corrected chi connectivity index (χ0v) is 25.8. The number of nitrogens with one attached hydrogen (secondary N) is 1. The van der Waals surface area contributed by atoms with Crippen LogP contribution in [0.3, 0.4) is 0 Å². The standard InChI is InChI=1S/C31H35Cl2N3O4S/c1-21-8-16-28(17-9-21)41(39,40)36(27-15-10-22(2)29(33)18-27)20-30(37)35(19-24-11-13-25(32)14-12-24)23(3)31(38)34-26-6-4-5-7-26/h8-18,23,26H,4-7,19-20H2,1-3H3,(H,34,38)/t23-/m0/s1. The molecule has 1 atom stereocenters. The number of aryl methyl sites for hydroxylation is 2. The molecule has 0 spiro atoms. The fourth-order valence-electron chi connectivity index (χ4n) is 4.86. The Balaban J connectivity index is 1.70. The number of anilines is 1. The SMILES string of the molecule is Cc1ccc(S(=O)(=O)N(CC(=O)N(Cc2ccc(Cl)cc2)[C@@H](C)C(=O)NC2CCCC2)c2ccc(C)c(Cl)c2)cc1. The van der Waals surface area contributed by atoms with Crippen molar-refractivity contribution in [1.29, 1.82) is 0 Å². The molecule has 0 bridgehead atoms. The lowest BCUT2D eigenvalue weighted by Gasteiger charge is -2.32. The van der Waals surface area contributed by atoms with Crippen LogP contribution in [-0.2, 0) is 26.2 Å². The van der Waals surface area contributed by atoms with Gasteiger partial charge in [0.2, 0.25) is 11.8 Å². The van der Waals surface area contributed by atoms with Crippen LogP contribution in [0.5, 0.6) is 0 Å². The van der Waals surface area contributed by atoms with E-state index in [1.165, 1.54) is 23.1 Å². The molecule has 7 nitrogen and oxygen atoms in total.